The Morgan fingerprint density at radius 1 is 1.19 bits per heavy atom. The minimum Gasteiger partial charge on any atom is -0.378 e. The second-order valence-electron chi connectivity index (χ2n) is 8.96. The molecule has 11 heteroatoms. The van der Waals surface area contributed by atoms with Gasteiger partial charge in [-0.15, -0.1) is 0 Å². The number of aromatic amines is 1. The molecule has 0 radical (unpaired) electrons. The second-order valence-corrected chi connectivity index (χ2v) is 10.5. The van der Waals surface area contributed by atoms with Crippen molar-refractivity contribution in [3.8, 4) is 0 Å². The number of amides is 1. The van der Waals surface area contributed by atoms with E-state index in [1.807, 2.05) is 18.2 Å². The number of aliphatic hydroxyl groups excluding tert-OH is 1. The minimum atomic E-state index is -4.48. The van der Waals surface area contributed by atoms with Crippen LogP contribution in [0.2, 0.25) is 5.02 Å². The maximum atomic E-state index is 13.0. The number of hydrogen-bond donors (Lipinski definition) is 2. The molecule has 0 saturated heterocycles. The number of nitrogens with one attached hydrogen (secondary N) is 1. The molecule has 1 aliphatic heterocycles. The zero-order chi connectivity index (χ0) is 25.7. The number of carbonyl (C=O) groups is 1. The minimum absolute atomic E-state index is 0.0466. The lowest BCUT2D eigenvalue weighted by Gasteiger charge is -2.30. The van der Waals surface area contributed by atoms with Gasteiger partial charge in [0.1, 0.15) is 5.82 Å². The van der Waals surface area contributed by atoms with Gasteiger partial charge in [-0.2, -0.15) is 13.2 Å². The number of rotatable bonds is 5. The molecule has 2 aromatic carbocycles. The number of aromatic nitrogens is 2. The van der Waals surface area contributed by atoms with E-state index in [1.54, 1.807) is 6.07 Å². The van der Waals surface area contributed by atoms with Gasteiger partial charge in [0.15, 0.2) is 6.10 Å². The maximum Gasteiger partial charge on any atom is 0.446 e. The maximum absolute atomic E-state index is 13.0. The molecule has 188 valence electrons. The van der Waals surface area contributed by atoms with Crippen molar-refractivity contribution in [1.82, 2.24) is 14.9 Å². The summed E-state index contributed by atoms with van der Waals surface area (Å²) in [5.74, 6) is -0.108. The highest BCUT2D eigenvalue weighted by Gasteiger charge is 2.49. The fourth-order valence-corrected chi connectivity index (χ4v) is 5.41. The van der Waals surface area contributed by atoms with Crippen molar-refractivity contribution in [2.24, 2.45) is 0 Å². The summed E-state index contributed by atoms with van der Waals surface area (Å²) in [5.41, 5.74) is -3.24. The number of benzene rings is 2. The Balaban J connectivity index is 1.35. The van der Waals surface area contributed by atoms with E-state index >= 15 is 0 Å². The Morgan fingerprint density at radius 2 is 1.94 bits per heavy atom. The van der Waals surface area contributed by atoms with Crippen LogP contribution >= 0.6 is 23.4 Å². The van der Waals surface area contributed by atoms with E-state index in [9.17, 15) is 27.9 Å². The van der Waals surface area contributed by atoms with Gasteiger partial charge in [0.05, 0.1) is 23.2 Å². The lowest BCUT2D eigenvalue weighted by Crippen LogP contribution is -2.42. The van der Waals surface area contributed by atoms with Crippen LogP contribution in [0.1, 0.15) is 47.2 Å². The molecule has 2 N–H and O–H groups in total. The highest BCUT2D eigenvalue weighted by atomic mass is 35.5. The Labute approximate surface area is 213 Å². The number of carbonyl (C=O) groups excluding carboxylic acids is 1. The number of alkyl halides is 3. The fourth-order valence-electron chi connectivity index (χ4n) is 4.61. The molecular weight excluding hydrogens is 515 g/mol. The average molecular weight is 536 g/mol. The molecule has 6 nitrogen and oxygen atoms in total. The summed E-state index contributed by atoms with van der Waals surface area (Å²) < 4.78 is 38.1. The first-order valence-corrected chi connectivity index (χ1v) is 12.5. The van der Waals surface area contributed by atoms with Crippen LogP contribution in [0.15, 0.2) is 58.2 Å². The molecular formula is C25H21ClF3N3O3S. The van der Waals surface area contributed by atoms with Crippen molar-refractivity contribution < 1.29 is 23.1 Å². The van der Waals surface area contributed by atoms with E-state index in [0.29, 0.717) is 28.5 Å². The first-order valence-electron chi connectivity index (χ1n) is 11.3. The van der Waals surface area contributed by atoms with Crippen molar-refractivity contribution in [2.45, 2.75) is 47.7 Å². The van der Waals surface area contributed by atoms with Gasteiger partial charge in [-0.1, -0.05) is 35.9 Å². The zero-order valence-corrected chi connectivity index (χ0v) is 20.4. The van der Waals surface area contributed by atoms with Crippen LogP contribution in [0, 0.1) is 0 Å². The summed E-state index contributed by atoms with van der Waals surface area (Å²) in [6, 6.07) is 12.6. The van der Waals surface area contributed by atoms with E-state index in [2.05, 4.69) is 4.98 Å². The summed E-state index contributed by atoms with van der Waals surface area (Å²) in [6.45, 7) is 0.176. The van der Waals surface area contributed by atoms with Gasteiger partial charge in [0, 0.05) is 22.9 Å². The molecule has 0 bridgehead atoms. The lowest BCUT2D eigenvalue weighted by molar-refractivity contribution is -0.141. The largest absolute Gasteiger partial charge is 0.446 e. The van der Waals surface area contributed by atoms with Crippen LogP contribution in [-0.2, 0) is 23.2 Å². The predicted molar refractivity (Wildman–Crippen MR) is 129 cm³/mol. The van der Waals surface area contributed by atoms with Crippen LogP contribution in [0.5, 0.6) is 0 Å². The summed E-state index contributed by atoms with van der Waals surface area (Å²) in [5, 5.41) is 11.2. The van der Waals surface area contributed by atoms with E-state index in [1.165, 1.54) is 23.1 Å². The number of thioether (sulfide) groups is 1. The molecule has 1 atom stereocenters. The first-order chi connectivity index (χ1) is 17.1. The van der Waals surface area contributed by atoms with E-state index in [-0.39, 0.29) is 46.3 Å². The number of hydrogen-bond acceptors (Lipinski definition) is 5. The number of halogens is 4. The summed E-state index contributed by atoms with van der Waals surface area (Å²) in [4.78, 5) is 34.8. The normalized spacial score (nSPS) is 17.4. The smallest absolute Gasteiger partial charge is 0.378 e. The van der Waals surface area contributed by atoms with E-state index in [4.69, 9.17) is 16.6 Å². The molecule has 1 aromatic heterocycles. The van der Waals surface area contributed by atoms with Gasteiger partial charge >= 0.3 is 5.51 Å². The Kier molecular flexibility index (Phi) is 6.38. The predicted octanol–water partition coefficient (Wildman–Crippen LogP) is 4.73. The van der Waals surface area contributed by atoms with Crippen molar-refractivity contribution in [1.29, 1.82) is 0 Å². The quantitative estimate of drug-likeness (QED) is 0.461. The molecule has 1 unspecified atom stereocenters. The fraction of sp³-hybridized carbons (Fsp3) is 0.320. The van der Waals surface area contributed by atoms with Crippen LogP contribution in [0.25, 0.3) is 0 Å². The van der Waals surface area contributed by atoms with Crippen molar-refractivity contribution in [3.05, 3.63) is 92.1 Å². The topological polar surface area (TPSA) is 86.3 Å². The highest BCUT2D eigenvalue weighted by molar-refractivity contribution is 8.00. The molecule has 3 aromatic rings. The Hall–Kier alpha value is -2.82. The summed E-state index contributed by atoms with van der Waals surface area (Å²) in [6.07, 6.45) is 0.333. The van der Waals surface area contributed by atoms with Crippen LogP contribution < -0.4 is 5.56 Å². The second kappa shape index (κ2) is 9.24. The van der Waals surface area contributed by atoms with Crippen molar-refractivity contribution in [3.63, 3.8) is 0 Å². The number of aliphatic hydroxyl groups is 1. The number of nitrogens with zero attached hydrogens (tertiary/aromatic N) is 2. The molecule has 1 saturated carbocycles. The standard InChI is InChI=1S/C25H21ClF3N3O3S/c26-16-5-2-4-15(12-16)24(8-9-24)23-30-19-7-10-32(13-18(19)21(34)31-23)22(35)20(33)14-3-1-6-17(11-14)36-25(27,28)29/h1-6,11-12,20,33H,7-10,13H2,(H,30,31,34). The van der Waals surface area contributed by atoms with Gasteiger partial charge in [-0.25, -0.2) is 4.98 Å². The molecule has 2 heterocycles. The molecule has 0 spiro atoms. The van der Waals surface area contributed by atoms with Gasteiger partial charge in [-0.3, -0.25) is 9.59 Å². The number of fused-ring (bicyclic) bond motifs is 1. The third kappa shape index (κ3) is 4.89. The first kappa shape index (κ1) is 24.9. The summed E-state index contributed by atoms with van der Waals surface area (Å²) >= 11 is 5.85. The van der Waals surface area contributed by atoms with Gasteiger partial charge in [0.25, 0.3) is 11.5 Å². The molecule has 5 rings (SSSR count). The molecule has 1 fully saturated rings. The molecule has 1 aliphatic carbocycles. The number of H-pyrrole nitrogens is 1. The van der Waals surface area contributed by atoms with E-state index < -0.39 is 17.5 Å². The zero-order valence-electron chi connectivity index (χ0n) is 18.8. The Morgan fingerprint density at radius 3 is 2.64 bits per heavy atom. The van der Waals surface area contributed by atoms with Gasteiger partial charge in [-0.05, 0) is 60.0 Å². The molecule has 1 amide bonds. The van der Waals surface area contributed by atoms with Crippen molar-refractivity contribution in [2.75, 3.05) is 6.54 Å². The van der Waals surface area contributed by atoms with Crippen LogP contribution in [-0.4, -0.2) is 37.9 Å². The van der Waals surface area contributed by atoms with Crippen LogP contribution in [0.3, 0.4) is 0 Å². The molecule has 36 heavy (non-hydrogen) atoms. The monoisotopic (exact) mass is 535 g/mol. The Bertz CT molecular complexity index is 1390. The highest BCUT2D eigenvalue weighted by Crippen LogP contribution is 2.52. The van der Waals surface area contributed by atoms with Gasteiger partial charge < -0.3 is 15.0 Å². The van der Waals surface area contributed by atoms with Crippen LogP contribution in [0.4, 0.5) is 13.2 Å². The SMILES string of the molecule is O=C(C(O)c1cccc(SC(F)(F)F)c1)N1CCc2nc(C3(c4cccc(Cl)c4)CC3)[nH]c(=O)c2C1. The van der Waals surface area contributed by atoms with Crippen molar-refractivity contribution >= 4 is 29.3 Å². The molecule has 2 aliphatic rings. The van der Waals surface area contributed by atoms with Gasteiger partial charge in [0.2, 0.25) is 0 Å². The summed E-state index contributed by atoms with van der Waals surface area (Å²) in [7, 11) is 0. The van der Waals surface area contributed by atoms with E-state index in [0.717, 1.165) is 24.5 Å². The average Bonchev–Trinajstić information content (AvgIpc) is 3.64. The lowest BCUT2D eigenvalue weighted by atomic mass is 9.94. The third-order valence-electron chi connectivity index (χ3n) is 6.60. The third-order valence-corrected chi connectivity index (χ3v) is 7.56.